The first-order valence-corrected chi connectivity index (χ1v) is 7.84. The quantitative estimate of drug-likeness (QED) is 0.654. The standard InChI is InChI=1S/C18H19N5O2/c1-11-5-7-12(8-6-11)21-17-16(13(19)10-14(20)24)18(25)23-9-3-2-4-15(23)22-17/h2-9,13,21H,10,19H2,1H3,(H2,20,24). The molecule has 0 bridgehead atoms. The number of hydrogen-bond donors (Lipinski definition) is 3. The van der Waals surface area contributed by atoms with E-state index < -0.39 is 11.9 Å². The Labute approximate surface area is 144 Å². The molecule has 25 heavy (non-hydrogen) atoms. The number of hydrogen-bond acceptors (Lipinski definition) is 5. The Morgan fingerprint density at radius 3 is 2.64 bits per heavy atom. The average Bonchev–Trinajstić information content (AvgIpc) is 2.56. The number of aryl methyl sites for hydroxylation is 1. The lowest BCUT2D eigenvalue weighted by Gasteiger charge is -2.16. The predicted molar refractivity (Wildman–Crippen MR) is 96.7 cm³/mol. The third-order valence-electron chi connectivity index (χ3n) is 3.88. The van der Waals surface area contributed by atoms with Crippen LogP contribution in [-0.4, -0.2) is 15.3 Å². The molecule has 0 saturated heterocycles. The summed E-state index contributed by atoms with van der Waals surface area (Å²) in [5.41, 5.74) is 13.6. The fourth-order valence-corrected chi connectivity index (χ4v) is 2.62. The number of pyridine rings is 1. The van der Waals surface area contributed by atoms with Crippen LogP contribution in [0.25, 0.3) is 5.65 Å². The van der Waals surface area contributed by atoms with Crippen LogP contribution in [0.4, 0.5) is 11.5 Å². The topological polar surface area (TPSA) is 116 Å². The summed E-state index contributed by atoms with van der Waals surface area (Å²) in [6, 6.07) is 12.1. The van der Waals surface area contributed by atoms with E-state index in [-0.39, 0.29) is 17.5 Å². The molecule has 3 aromatic rings. The van der Waals surface area contributed by atoms with Crippen molar-refractivity contribution in [3.05, 3.63) is 70.1 Å². The molecule has 1 atom stereocenters. The number of rotatable bonds is 5. The third-order valence-corrected chi connectivity index (χ3v) is 3.88. The van der Waals surface area contributed by atoms with Crippen LogP contribution in [0, 0.1) is 6.92 Å². The summed E-state index contributed by atoms with van der Waals surface area (Å²) >= 11 is 0. The minimum Gasteiger partial charge on any atom is -0.370 e. The minimum atomic E-state index is -0.845. The van der Waals surface area contributed by atoms with Crippen molar-refractivity contribution in [2.45, 2.75) is 19.4 Å². The van der Waals surface area contributed by atoms with Gasteiger partial charge in [-0.1, -0.05) is 23.8 Å². The van der Waals surface area contributed by atoms with Crippen LogP contribution in [0.5, 0.6) is 0 Å². The van der Waals surface area contributed by atoms with E-state index >= 15 is 0 Å². The van der Waals surface area contributed by atoms with Gasteiger partial charge in [-0.3, -0.25) is 14.0 Å². The third kappa shape index (κ3) is 3.51. The summed E-state index contributed by atoms with van der Waals surface area (Å²) in [5, 5.41) is 3.13. The van der Waals surface area contributed by atoms with E-state index in [9.17, 15) is 9.59 Å². The van der Waals surface area contributed by atoms with Crippen molar-refractivity contribution in [3.63, 3.8) is 0 Å². The number of primary amides is 1. The first-order chi connectivity index (χ1) is 12.0. The zero-order valence-electron chi connectivity index (χ0n) is 13.8. The summed E-state index contributed by atoms with van der Waals surface area (Å²) in [6.45, 7) is 1.98. The van der Waals surface area contributed by atoms with Crippen LogP contribution in [0.2, 0.25) is 0 Å². The molecular weight excluding hydrogens is 318 g/mol. The van der Waals surface area contributed by atoms with E-state index in [1.54, 1.807) is 24.4 Å². The molecule has 1 amide bonds. The van der Waals surface area contributed by atoms with Gasteiger partial charge in [0.05, 0.1) is 5.56 Å². The van der Waals surface area contributed by atoms with Crippen molar-refractivity contribution in [1.29, 1.82) is 0 Å². The highest BCUT2D eigenvalue weighted by Crippen LogP contribution is 2.23. The summed E-state index contributed by atoms with van der Waals surface area (Å²) in [5.74, 6) is -0.250. The van der Waals surface area contributed by atoms with E-state index in [1.165, 1.54) is 4.40 Å². The Kier molecular flexibility index (Phi) is 4.49. The van der Waals surface area contributed by atoms with Crippen LogP contribution in [0.1, 0.15) is 23.6 Å². The Hall–Kier alpha value is -3.19. The van der Waals surface area contributed by atoms with Crippen LogP contribution < -0.4 is 22.3 Å². The number of nitrogens with one attached hydrogen (secondary N) is 1. The highest BCUT2D eigenvalue weighted by Gasteiger charge is 2.21. The number of anilines is 2. The van der Waals surface area contributed by atoms with Crippen LogP contribution in [0.3, 0.4) is 0 Å². The molecule has 128 valence electrons. The number of carbonyl (C=O) groups excluding carboxylic acids is 1. The lowest BCUT2D eigenvalue weighted by Crippen LogP contribution is -2.30. The lowest BCUT2D eigenvalue weighted by molar-refractivity contribution is -0.118. The van der Waals surface area contributed by atoms with Gasteiger partial charge >= 0.3 is 0 Å². The zero-order chi connectivity index (χ0) is 18.0. The second-order valence-electron chi connectivity index (χ2n) is 5.88. The largest absolute Gasteiger partial charge is 0.370 e. The van der Waals surface area contributed by atoms with Gasteiger partial charge in [-0.25, -0.2) is 4.98 Å². The highest BCUT2D eigenvalue weighted by molar-refractivity contribution is 5.75. The van der Waals surface area contributed by atoms with Crippen LogP contribution in [-0.2, 0) is 4.79 Å². The molecular formula is C18H19N5O2. The molecule has 2 heterocycles. The van der Waals surface area contributed by atoms with Gasteiger partial charge < -0.3 is 16.8 Å². The minimum absolute atomic E-state index is 0.140. The molecule has 7 heteroatoms. The molecule has 7 nitrogen and oxygen atoms in total. The lowest BCUT2D eigenvalue weighted by atomic mass is 10.1. The molecule has 1 unspecified atom stereocenters. The molecule has 0 aliphatic carbocycles. The Balaban J connectivity index is 2.15. The number of nitrogens with zero attached hydrogens (tertiary/aromatic N) is 2. The Bertz CT molecular complexity index is 979. The second-order valence-corrected chi connectivity index (χ2v) is 5.88. The van der Waals surface area contributed by atoms with E-state index in [1.807, 2.05) is 31.2 Å². The number of amides is 1. The van der Waals surface area contributed by atoms with E-state index in [0.29, 0.717) is 11.5 Å². The maximum Gasteiger partial charge on any atom is 0.264 e. The van der Waals surface area contributed by atoms with Crippen molar-refractivity contribution < 1.29 is 4.79 Å². The molecule has 5 N–H and O–H groups in total. The van der Waals surface area contributed by atoms with E-state index in [2.05, 4.69) is 10.3 Å². The smallest absolute Gasteiger partial charge is 0.264 e. The number of nitrogens with two attached hydrogens (primary N) is 2. The molecule has 0 radical (unpaired) electrons. The van der Waals surface area contributed by atoms with Gasteiger partial charge in [-0.2, -0.15) is 0 Å². The van der Waals surface area contributed by atoms with Gasteiger partial charge in [0.1, 0.15) is 11.5 Å². The van der Waals surface area contributed by atoms with Crippen LogP contribution in [0.15, 0.2) is 53.5 Å². The van der Waals surface area contributed by atoms with E-state index in [0.717, 1.165) is 11.3 Å². The van der Waals surface area contributed by atoms with Crippen molar-refractivity contribution in [1.82, 2.24) is 9.38 Å². The number of fused-ring (bicyclic) bond motifs is 1. The summed E-state index contributed by atoms with van der Waals surface area (Å²) in [6.07, 6.45) is 1.47. The summed E-state index contributed by atoms with van der Waals surface area (Å²) in [4.78, 5) is 28.6. The van der Waals surface area contributed by atoms with Gasteiger partial charge in [0, 0.05) is 24.3 Å². The van der Waals surface area contributed by atoms with Gasteiger partial charge in [0.25, 0.3) is 5.56 Å². The van der Waals surface area contributed by atoms with Gasteiger partial charge in [0.2, 0.25) is 5.91 Å². The van der Waals surface area contributed by atoms with Gasteiger partial charge in [-0.05, 0) is 31.2 Å². The molecule has 0 fully saturated rings. The number of benzene rings is 1. The maximum absolute atomic E-state index is 12.9. The summed E-state index contributed by atoms with van der Waals surface area (Å²) < 4.78 is 1.40. The molecule has 1 aromatic carbocycles. The van der Waals surface area contributed by atoms with Crippen molar-refractivity contribution in [2.75, 3.05) is 5.32 Å². The monoisotopic (exact) mass is 337 g/mol. The van der Waals surface area contributed by atoms with Crippen LogP contribution >= 0.6 is 0 Å². The second kappa shape index (κ2) is 6.74. The first-order valence-electron chi connectivity index (χ1n) is 7.84. The normalized spacial score (nSPS) is 12.1. The predicted octanol–water partition coefficient (Wildman–Crippen LogP) is 1.62. The Morgan fingerprint density at radius 1 is 1.24 bits per heavy atom. The number of carbonyl (C=O) groups is 1. The fraction of sp³-hybridized carbons (Fsp3) is 0.167. The highest BCUT2D eigenvalue weighted by atomic mass is 16.1. The molecule has 0 aliphatic heterocycles. The Morgan fingerprint density at radius 2 is 1.96 bits per heavy atom. The fourth-order valence-electron chi connectivity index (χ4n) is 2.62. The molecule has 3 rings (SSSR count). The molecule has 0 saturated carbocycles. The molecule has 2 aromatic heterocycles. The van der Waals surface area contributed by atoms with Crippen molar-refractivity contribution in [3.8, 4) is 0 Å². The first kappa shape index (κ1) is 16.7. The molecule has 0 spiro atoms. The zero-order valence-corrected chi connectivity index (χ0v) is 13.8. The molecule has 0 aliphatic rings. The maximum atomic E-state index is 12.9. The SMILES string of the molecule is Cc1ccc(Nc2nc3ccccn3c(=O)c2C(N)CC(N)=O)cc1. The van der Waals surface area contributed by atoms with Gasteiger partial charge in [0.15, 0.2) is 0 Å². The van der Waals surface area contributed by atoms with Gasteiger partial charge in [-0.15, -0.1) is 0 Å². The van der Waals surface area contributed by atoms with Crippen molar-refractivity contribution in [2.24, 2.45) is 11.5 Å². The van der Waals surface area contributed by atoms with Crippen molar-refractivity contribution >= 4 is 23.1 Å². The number of aromatic nitrogens is 2. The van der Waals surface area contributed by atoms with E-state index in [4.69, 9.17) is 11.5 Å². The summed E-state index contributed by atoms with van der Waals surface area (Å²) in [7, 11) is 0. The average molecular weight is 337 g/mol.